The number of hydrogen-bond acceptors (Lipinski definition) is 5. The van der Waals surface area contributed by atoms with Crippen molar-refractivity contribution in [1.82, 2.24) is 4.98 Å². The van der Waals surface area contributed by atoms with Gasteiger partial charge in [0.1, 0.15) is 5.75 Å². The average Bonchev–Trinajstić information content (AvgIpc) is 2.68. The highest BCUT2D eigenvalue weighted by molar-refractivity contribution is 6.04. The number of aromatic nitrogens is 1. The van der Waals surface area contributed by atoms with Crippen molar-refractivity contribution in [3.05, 3.63) is 70.5 Å². The van der Waals surface area contributed by atoms with Crippen LogP contribution in [0.5, 0.6) is 5.75 Å². The Kier molecular flexibility index (Phi) is 5.87. The Morgan fingerprint density at radius 3 is 2.52 bits per heavy atom. The Hall–Kier alpha value is -3.75. The van der Waals surface area contributed by atoms with Crippen LogP contribution in [-0.4, -0.2) is 29.6 Å². The number of rotatable bonds is 6. The first-order chi connectivity index (χ1) is 13.8. The smallest absolute Gasteiger partial charge is 0.387 e. The zero-order valence-corrected chi connectivity index (χ0v) is 15.1. The Bertz CT molecular complexity index is 1110. The number of ether oxygens (including phenoxy) is 2. The van der Waals surface area contributed by atoms with Crippen LogP contribution in [0.1, 0.15) is 17.3 Å². The van der Waals surface area contributed by atoms with Crippen molar-refractivity contribution in [2.24, 2.45) is 0 Å². The summed E-state index contributed by atoms with van der Waals surface area (Å²) in [7, 11) is 0. The number of pyridine rings is 1. The Labute approximate surface area is 163 Å². The summed E-state index contributed by atoms with van der Waals surface area (Å²) >= 11 is 0. The van der Waals surface area contributed by atoms with Crippen molar-refractivity contribution >= 4 is 28.5 Å². The molecule has 3 aromatic rings. The van der Waals surface area contributed by atoms with Crippen molar-refractivity contribution in [1.29, 1.82) is 0 Å². The van der Waals surface area contributed by atoms with E-state index in [-0.39, 0.29) is 17.0 Å². The molecule has 2 N–H and O–H groups in total. The van der Waals surface area contributed by atoms with E-state index in [9.17, 15) is 23.2 Å². The molecule has 0 aliphatic rings. The number of carbonyl (C=O) groups is 2. The lowest BCUT2D eigenvalue weighted by Gasteiger charge is -2.16. The van der Waals surface area contributed by atoms with Gasteiger partial charge >= 0.3 is 12.6 Å². The quantitative estimate of drug-likeness (QED) is 0.617. The number of amides is 1. The minimum atomic E-state index is -3.06. The first-order valence-electron chi connectivity index (χ1n) is 8.53. The molecule has 0 saturated carbocycles. The summed E-state index contributed by atoms with van der Waals surface area (Å²) in [6.07, 6.45) is -1.26. The molecule has 1 heterocycles. The van der Waals surface area contributed by atoms with E-state index >= 15 is 0 Å². The molecule has 0 spiro atoms. The molecular formula is C20H16F2N2O5. The number of anilines is 1. The average molecular weight is 402 g/mol. The van der Waals surface area contributed by atoms with Gasteiger partial charge in [0.05, 0.1) is 11.3 Å². The van der Waals surface area contributed by atoms with E-state index in [1.165, 1.54) is 31.2 Å². The lowest BCUT2D eigenvalue weighted by atomic mass is 10.1. The second kappa shape index (κ2) is 8.51. The molecule has 150 valence electrons. The number of aromatic amines is 1. The second-order valence-electron chi connectivity index (χ2n) is 6.00. The van der Waals surface area contributed by atoms with Gasteiger partial charge in [-0.05, 0) is 25.1 Å². The number of halogens is 2. The monoisotopic (exact) mass is 402 g/mol. The van der Waals surface area contributed by atoms with Crippen molar-refractivity contribution in [3.8, 4) is 5.75 Å². The first-order valence-corrected chi connectivity index (χ1v) is 8.53. The molecular weight excluding hydrogens is 386 g/mol. The molecule has 9 heteroatoms. The number of para-hydroxylation sites is 3. The molecule has 1 unspecified atom stereocenters. The molecule has 2 aromatic carbocycles. The summed E-state index contributed by atoms with van der Waals surface area (Å²) in [4.78, 5) is 39.2. The van der Waals surface area contributed by atoms with E-state index < -0.39 is 30.2 Å². The van der Waals surface area contributed by atoms with Gasteiger partial charge in [-0.15, -0.1) is 0 Å². The molecule has 1 aromatic heterocycles. The van der Waals surface area contributed by atoms with Crippen LogP contribution in [0, 0.1) is 0 Å². The summed E-state index contributed by atoms with van der Waals surface area (Å²) in [5, 5.41) is 2.84. The number of benzene rings is 2. The predicted octanol–water partition coefficient (Wildman–Crippen LogP) is 3.31. The van der Waals surface area contributed by atoms with Crippen LogP contribution < -0.4 is 15.6 Å². The molecule has 29 heavy (non-hydrogen) atoms. The highest BCUT2D eigenvalue weighted by Crippen LogP contribution is 2.26. The maximum absolute atomic E-state index is 12.5. The fourth-order valence-electron chi connectivity index (χ4n) is 2.65. The van der Waals surface area contributed by atoms with E-state index in [4.69, 9.17) is 4.74 Å². The largest absolute Gasteiger partial charge is 0.449 e. The van der Waals surface area contributed by atoms with Gasteiger partial charge in [0, 0.05) is 17.0 Å². The van der Waals surface area contributed by atoms with Gasteiger partial charge in [-0.25, -0.2) is 4.79 Å². The van der Waals surface area contributed by atoms with Gasteiger partial charge in [-0.2, -0.15) is 8.78 Å². The molecule has 0 fully saturated rings. The number of esters is 1. The van der Waals surface area contributed by atoms with E-state index in [1.54, 1.807) is 24.3 Å². The first kappa shape index (κ1) is 20.0. The van der Waals surface area contributed by atoms with Crippen molar-refractivity contribution in [3.63, 3.8) is 0 Å². The van der Waals surface area contributed by atoms with Crippen LogP contribution in [0.3, 0.4) is 0 Å². The number of nitrogens with one attached hydrogen (secondary N) is 2. The predicted molar refractivity (Wildman–Crippen MR) is 101 cm³/mol. The van der Waals surface area contributed by atoms with Gasteiger partial charge in [-0.1, -0.05) is 30.3 Å². The summed E-state index contributed by atoms with van der Waals surface area (Å²) in [6.45, 7) is -1.74. The highest BCUT2D eigenvalue weighted by atomic mass is 19.3. The zero-order chi connectivity index (χ0) is 21.0. The van der Waals surface area contributed by atoms with Crippen LogP contribution >= 0.6 is 0 Å². The number of fused-ring (bicyclic) bond motifs is 1. The van der Waals surface area contributed by atoms with E-state index in [0.717, 1.165) is 6.07 Å². The maximum atomic E-state index is 12.5. The zero-order valence-electron chi connectivity index (χ0n) is 15.1. The minimum absolute atomic E-state index is 0.00213. The molecule has 0 bridgehead atoms. The topological polar surface area (TPSA) is 97.5 Å². The molecule has 0 saturated heterocycles. The van der Waals surface area contributed by atoms with Crippen LogP contribution in [0.4, 0.5) is 14.5 Å². The van der Waals surface area contributed by atoms with Crippen LogP contribution in [-0.2, 0) is 9.53 Å². The number of hydrogen-bond donors (Lipinski definition) is 2. The van der Waals surface area contributed by atoms with Gasteiger partial charge in [0.15, 0.2) is 6.10 Å². The third kappa shape index (κ3) is 4.75. The standard InChI is InChI=1S/C20H16F2N2O5/c1-11(18(26)24-15-8-4-5-9-16(15)29-20(21)22)28-19(27)13-10-17(25)23-14-7-3-2-6-12(13)14/h2-11,20H,1H3,(H,23,25)(H,24,26). The molecule has 7 nitrogen and oxygen atoms in total. The fraction of sp³-hybridized carbons (Fsp3) is 0.150. The van der Waals surface area contributed by atoms with Crippen LogP contribution in [0.2, 0.25) is 0 Å². The van der Waals surface area contributed by atoms with E-state index in [1.807, 2.05) is 0 Å². The fourth-order valence-corrected chi connectivity index (χ4v) is 2.65. The Morgan fingerprint density at radius 2 is 1.76 bits per heavy atom. The van der Waals surface area contributed by atoms with E-state index in [0.29, 0.717) is 10.9 Å². The van der Waals surface area contributed by atoms with Crippen molar-refractivity contribution < 1.29 is 27.8 Å². The van der Waals surface area contributed by atoms with Gasteiger partial charge in [0.25, 0.3) is 5.91 Å². The lowest BCUT2D eigenvalue weighted by molar-refractivity contribution is -0.123. The van der Waals surface area contributed by atoms with Gasteiger partial charge in [0.2, 0.25) is 5.56 Å². The van der Waals surface area contributed by atoms with Crippen molar-refractivity contribution in [2.75, 3.05) is 5.32 Å². The molecule has 1 atom stereocenters. The SMILES string of the molecule is CC(OC(=O)c1cc(=O)[nH]c2ccccc12)C(=O)Nc1ccccc1OC(F)F. The van der Waals surface area contributed by atoms with Crippen LogP contribution in [0.15, 0.2) is 59.4 Å². The molecule has 0 aliphatic carbocycles. The number of alkyl halides is 2. The summed E-state index contributed by atoms with van der Waals surface area (Å²) in [6, 6.07) is 13.3. The normalized spacial score (nSPS) is 11.9. The molecule has 1 amide bonds. The van der Waals surface area contributed by atoms with Gasteiger partial charge < -0.3 is 19.8 Å². The second-order valence-corrected chi connectivity index (χ2v) is 6.00. The maximum Gasteiger partial charge on any atom is 0.387 e. The van der Waals surface area contributed by atoms with Gasteiger partial charge in [-0.3, -0.25) is 9.59 Å². The third-order valence-corrected chi connectivity index (χ3v) is 3.98. The number of carbonyl (C=O) groups excluding carboxylic acids is 2. The van der Waals surface area contributed by atoms with Crippen LogP contribution in [0.25, 0.3) is 10.9 Å². The number of H-pyrrole nitrogens is 1. The summed E-state index contributed by atoms with van der Waals surface area (Å²) in [5.74, 6) is -1.85. The summed E-state index contributed by atoms with van der Waals surface area (Å²) in [5.41, 5.74) is -0.0410. The van der Waals surface area contributed by atoms with E-state index in [2.05, 4.69) is 15.0 Å². The lowest BCUT2D eigenvalue weighted by Crippen LogP contribution is -2.30. The summed E-state index contributed by atoms with van der Waals surface area (Å²) < 4.78 is 34.5. The Balaban J connectivity index is 1.76. The molecule has 0 radical (unpaired) electrons. The third-order valence-electron chi connectivity index (χ3n) is 3.98. The Morgan fingerprint density at radius 1 is 1.07 bits per heavy atom. The highest BCUT2D eigenvalue weighted by Gasteiger charge is 2.22. The molecule has 0 aliphatic heterocycles. The minimum Gasteiger partial charge on any atom is -0.449 e. The molecule has 3 rings (SSSR count). The van der Waals surface area contributed by atoms with Crippen molar-refractivity contribution in [2.45, 2.75) is 19.6 Å².